The number of anilines is 1. The van der Waals surface area contributed by atoms with Gasteiger partial charge in [-0.15, -0.1) is 11.8 Å². The maximum atomic E-state index is 12.3. The molecule has 5 heteroatoms. The van der Waals surface area contributed by atoms with E-state index in [9.17, 15) is 4.79 Å². The minimum atomic E-state index is 0.134. The van der Waals surface area contributed by atoms with E-state index in [1.807, 2.05) is 23.1 Å². The first-order chi connectivity index (χ1) is 10.4. The van der Waals surface area contributed by atoms with E-state index in [4.69, 9.17) is 4.74 Å². The third-order valence-electron chi connectivity index (χ3n) is 3.69. The molecule has 1 aromatic carbocycles. The summed E-state index contributed by atoms with van der Waals surface area (Å²) in [5.74, 6) is 1.71. The maximum absolute atomic E-state index is 12.3. The van der Waals surface area contributed by atoms with Crippen LogP contribution in [0.3, 0.4) is 0 Å². The fraction of sp³-hybridized carbons (Fsp3) is 0.588. The summed E-state index contributed by atoms with van der Waals surface area (Å²) >= 11 is 1.71. The van der Waals surface area contributed by atoms with Gasteiger partial charge in [-0.2, -0.15) is 0 Å². The highest BCUT2D eigenvalue weighted by Gasteiger charge is 2.24. The molecule has 0 radical (unpaired) electrons. The van der Waals surface area contributed by atoms with Crippen LogP contribution in [0.15, 0.2) is 24.3 Å². The number of para-hydroxylation sites is 2. The monoisotopic (exact) mass is 322 g/mol. The van der Waals surface area contributed by atoms with E-state index in [1.165, 1.54) is 0 Å². The first-order valence-electron chi connectivity index (χ1n) is 7.70. The van der Waals surface area contributed by atoms with Crippen molar-refractivity contribution in [2.45, 2.75) is 25.5 Å². The van der Waals surface area contributed by atoms with Crippen molar-refractivity contribution in [3.8, 4) is 5.75 Å². The zero-order valence-corrected chi connectivity index (χ0v) is 14.8. The second-order valence-corrected chi connectivity index (χ2v) is 8.24. The molecule has 2 rings (SSSR count). The molecule has 0 aliphatic carbocycles. The van der Waals surface area contributed by atoms with Crippen LogP contribution < -0.4 is 9.64 Å². The molecule has 0 atom stereocenters. The summed E-state index contributed by atoms with van der Waals surface area (Å²) in [5.41, 5.74) is 1.11. The number of hydrogen-bond acceptors (Lipinski definition) is 4. The number of piperazine rings is 1. The Bertz CT molecular complexity index is 506. The van der Waals surface area contributed by atoms with E-state index < -0.39 is 0 Å². The molecule has 1 heterocycles. The summed E-state index contributed by atoms with van der Waals surface area (Å²) in [6.45, 7) is 9.70. The lowest BCUT2D eigenvalue weighted by Crippen LogP contribution is -2.49. The molecule has 1 fully saturated rings. The van der Waals surface area contributed by atoms with Gasteiger partial charge in [0.05, 0.1) is 18.6 Å². The van der Waals surface area contributed by atoms with Gasteiger partial charge in [0.25, 0.3) is 0 Å². The molecule has 1 aliphatic rings. The highest BCUT2D eigenvalue weighted by atomic mass is 32.2. The molecular weight excluding hydrogens is 296 g/mol. The van der Waals surface area contributed by atoms with Gasteiger partial charge in [0, 0.05) is 30.9 Å². The maximum Gasteiger partial charge on any atom is 0.232 e. The standard InChI is InChI=1S/C17H26N2O2S/c1-17(2,3)22-13-16(20)19-11-9-18(10-12-19)14-7-5-6-8-15(14)21-4/h5-8H,9-13H2,1-4H3. The lowest BCUT2D eigenvalue weighted by Gasteiger charge is -2.37. The Balaban J connectivity index is 1.89. The number of nitrogens with zero attached hydrogens (tertiary/aromatic N) is 2. The smallest absolute Gasteiger partial charge is 0.232 e. The summed E-state index contributed by atoms with van der Waals surface area (Å²) in [5, 5.41) is 0. The predicted molar refractivity (Wildman–Crippen MR) is 94.0 cm³/mol. The van der Waals surface area contributed by atoms with E-state index in [-0.39, 0.29) is 10.7 Å². The number of thioether (sulfide) groups is 1. The van der Waals surface area contributed by atoms with Gasteiger partial charge >= 0.3 is 0 Å². The molecule has 0 unspecified atom stereocenters. The number of benzene rings is 1. The van der Waals surface area contributed by atoms with Gasteiger partial charge in [0.15, 0.2) is 0 Å². The van der Waals surface area contributed by atoms with Gasteiger partial charge in [-0.25, -0.2) is 0 Å². The lowest BCUT2D eigenvalue weighted by atomic mass is 10.2. The molecule has 4 nitrogen and oxygen atoms in total. The van der Waals surface area contributed by atoms with Crippen LogP contribution in [0.5, 0.6) is 5.75 Å². The number of carbonyl (C=O) groups is 1. The van der Waals surface area contributed by atoms with Crippen LogP contribution in [0.25, 0.3) is 0 Å². The molecule has 1 aliphatic heterocycles. The Morgan fingerprint density at radius 3 is 2.41 bits per heavy atom. The van der Waals surface area contributed by atoms with Crippen LogP contribution in [0.1, 0.15) is 20.8 Å². The van der Waals surface area contributed by atoms with Crippen molar-refractivity contribution in [1.29, 1.82) is 0 Å². The third kappa shape index (κ3) is 4.57. The van der Waals surface area contributed by atoms with Crippen molar-refractivity contribution in [3.05, 3.63) is 24.3 Å². The molecule has 1 aromatic rings. The van der Waals surface area contributed by atoms with Gasteiger partial charge in [-0.05, 0) is 12.1 Å². The molecular formula is C17H26N2O2S. The fourth-order valence-electron chi connectivity index (χ4n) is 2.46. The average Bonchev–Trinajstić information content (AvgIpc) is 2.52. The summed E-state index contributed by atoms with van der Waals surface area (Å²) in [6, 6.07) is 8.06. The van der Waals surface area contributed by atoms with Gasteiger partial charge in [-0.1, -0.05) is 32.9 Å². The highest BCUT2D eigenvalue weighted by Crippen LogP contribution is 2.28. The van der Waals surface area contributed by atoms with Crippen molar-refractivity contribution in [1.82, 2.24) is 4.90 Å². The Labute approximate surface area is 137 Å². The molecule has 0 bridgehead atoms. The molecule has 22 heavy (non-hydrogen) atoms. The van der Waals surface area contributed by atoms with Crippen molar-refractivity contribution in [3.63, 3.8) is 0 Å². The second kappa shape index (κ2) is 7.27. The van der Waals surface area contributed by atoms with Crippen molar-refractivity contribution >= 4 is 23.4 Å². The molecule has 0 N–H and O–H groups in total. The quantitative estimate of drug-likeness (QED) is 0.853. The van der Waals surface area contributed by atoms with Crippen molar-refractivity contribution in [2.24, 2.45) is 0 Å². The van der Waals surface area contributed by atoms with E-state index in [1.54, 1.807) is 18.9 Å². The summed E-state index contributed by atoms with van der Waals surface area (Å²) < 4.78 is 5.56. The van der Waals surface area contributed by atoms with Crippen LogP contribution in [0.4, 0.5) is 5.69 Å². The first-order valence-corrected chi connectivity index (χ1v) is 8.69. The molecule has 1 saturated heterocycles. The Hall–Kier alpha value is -1.36. The number of carbonyl (C=O) groups excluding carboxylic acids is 1. The van der Waals surface area contributed by atoms with E-state index >= 15 is 0 Å². The Kier molecular flexibility index (Phi) is 5.62. The number of amides is 1. The van der Waals surface area contributed by atoms with Crippen LogP contribution in [0.2, 0.25) is 0 Å². The topological polar surface area (TPSA) is 32.8 Å². The summed E-state index contributed by atoms with van der Waals surface area (Å²) in [4.78, 5) is 16.5. The van der Waals surface area contributed by atoms with E-state index in [0.717, 1.165) is 37.6 Å². The predicted octanol–water partition coefficient (Wildman–Crippen LogP) is 2.88. The van der Waals surface area contributed by atoms with Crippen molar-refractivity contribution < 1.29 is 9.53 Å². The zero-order valence-electron chi connectivity index (χ0n) is 14.0. The molecule has 0 saturated carbocycles. The molecule has 1 amide bonds. The Morgan fingerprint density at radius 1 is 1.18 bits per heavy atom. The fourth-order valence-corrected chi connectivity index (χ4v) is 3.20. The van der Waals surface area contributed by atoms with Gasteiger partial charge in [0.1, 0.15) is 5.75 Å². The average molecular weight is 322 g/mol. The zero-order chi connectivity index (χ0) is 16.2. The van der Waals surface area contributed by atoms with Crippen LogP contribution >= 0.6 is 11.8 Å². The van der Waals surface area contributed by atoms with Gasteiger partial charge in [-0.3, -0.25) is 4.79 Å². The minimum Gasteiger partial charge on any atom is -0.495 e. The molecule has 0 spiro atoms. The van der Waals surface area contributed by atoms with Crippen LogP contribution in [-0.4, -0.2) is 54.6 Å². The Morgan fingerprint density at radius 2 is 1.82 bits per heavy atom. The van der Waals surface area contributed by atoms with Crippen LogP contribution in [0, 0.1) is 0 Å². The third-order valence-corrected chi connectivity index (χ3v) is 4.94. The number of ether oxygens (including phenoxy) is 1. The lowest BCUT2D eigenvalue weighted by molar-refractivity contribution is -0.128. The second-order valence-electron chi connectivity index (χ2n) is 6.44. The highest BCUT2D eigenvalue weighted by molar-refractivity contribution is 8.01. The molecule has 122 valence electrons. The number of hydrogen-bond donors (Lipinski definition) is 0. The van der Waals surface area contributed by atoms with Gasteiger partial charge < -0.3 is 14.5 Å². The molecule has 0 aromatic heterocycles. The summed E-state index contributed by atoms with van der Waals surface area (Å²) in [7, 11) is 1.70. The number of rotatable bonds is 4. The van der Waals surface area contributed by atoms with Gasteiger partial charge in [0.2, 0.25) is 5.91 Å². The minimum absolute atomic E-state index is 0.134. The van der Waals surface area contributed by atoms with E-state index in [2.05, 4.69) is 31.7 Å². The van der Waals surface area contributed by atoms with E-state index in [0.29, 0.717) is 5.75 Å². The SMILES string of the molecule is COc1ccccc1N1CCN(C(=O)CSC(C)(C)C)CC1. The first kappa shape index (κ1) is 17.0. The normalized spacial score (nSPS) is 15.8. The van der Waals surface area contributed by atoms with Crippen LogP contribution in [-0.2, 0) is 4.79 Å². The summed E-state index contributed by atoms with van der Waals surface area (Å²) in [6.07, 6.45) is 0. The van der Waals surface area contributed by atoms with Crippen molar-refractivity contribution in [2.75, 3.05) is 43.9 Å². The largest absolute Gasteiger partial charge is 0.495 e. The number of methoxy groups -OCH3 is 1.